The van der Waals surface area contributed by atoms with Gasteiger partial charge in [-0.25, -0.2) is 0 Å². The Bertz CT molecular complexity index is 443. The van der Waals surface area contributed by atoms with Gasteiger partial charge in [0.15, 0.2) is 0 Å². The SMILES string of the molecule is CNC(=O)CCCCNC(=O)C(CN)N1C(=O)C=CC1=O. The number of hydrogen-bond acceptors (Lipinski definition) is 5. The minimum Gasteiger partial charge on any atom is -0.359 e. The maximum atomic E-state index is 12.0. The topological polar surface area (TPSA) is 122 Å². The zero-order chi connectivity index (χ0) is 15.8. The number of rotatable bonds is 8. The number of carbonyl (C=O) groups excluding carboxylic acids is 4. The smallest absolute Gasteiger partial charge is 0.254 e. The van der Waals surface area contributed by atoms with Gasteiger partial charge in [-0.1, -0.05) is 0 Å². The fourth-order valence-corrected chi connectivity index (χ4v) is 1.91. The summed E-state index contributed by atoms with van der Waals surface area (Å²) in [7, 11) is 1.56. The fourth-order valence-electron chi connectivity index (χ4n) is 1.91. The van der Waals surface area contributed by atoms with E-state index in [0.29, 0.717) is 25.8 Å². The minimum absolute atomic E-state index is 0.0551. The highest BCUT2D eigenvalue weighted by atomic mass is 16.2. The summed E-state index contributed by atoms with van der Waals surface area (Å²) in [6, 6.07) is -1.00. The highest BCUT2D eigenvalue weighted by Crippen LogP contribution is 2.08. The van der Waals surface area contributed by atoms with Crippen LogP contribution in [0.4, 0.5) is 0 Å². The molecule has 4 N–H and O–H groups in total. The van der Waals surface area contributed by atoms with Gasteiger partial charge in [0.25, 0.3) is 11.8 Å². The van der Waals surface area contributed by atoms with Crippen LogP contribution < -0.4 is 16.4 Å². The Hall–Kier alpha value is -2.22. The number of amides is 4. The molecule has 0 spiro atoms. The maximum absolute atomic E-state index is 12.0. The number of unbranched alkanes of at least 4 members (excludes halogenated alkanes) is 1. The van der Waals surface area contributed by atoms with Crippen molar-refractivity contribution in [1.82, 2.24) is 15.5 Å². The van der Waals surface area contributed by atoms with Gasteiger partial charge < -0.3 is 16.4 Å². The third-order valence-corrected chi connectivity index (χ3v) is 3.09. The molecule has 8 nitrogen and oxygen atoms in total. The van der Waals surface area contributed by atoms with Crippen molar-refractivity contribution in [3.05, 3.63) is 12.2 Å². The summed E-state index contributed by atoms with van der Waals surface area (Å²) in [5, 5.41) is 5.13. The minimum atomic E-state index is -1.00. The van der Waals surface area contributed by atoms with Crippen LogP contribution in [0.3, 0.4) is 0 Å². The van der Waals surface area contributed by atoms with Crippen LogP contribution in [0, 0.1) is 0 Å². The lowest BCUT2D eigenvalue weighted by atomic mass is 10.2. The first kappa shape index (κ1) is 16.8. The van der Waals surface area contributed by atoms with Gasteiger partial charge in [0.2, 0.25) is 11.8 Å². The molecule has 1 aliphatic rings. The second-order valence-electron chi connectivity index (χ2n) is 4.55. The summed E-state index contributed by atoms with van der Waals surface area (Å²) in [6.07, 6.45) is 3.87. The Morgan fingerprint density at radius 2 is 1.86 bits per heavy atom. The van der Waals surface area contributed by atoms with E-state index in [4.69, 9.17) is 5.73 Å². The van der Waals surface area contributed by atoms with Gasteiger partial charge in [0.05, 0.1) is 0 Å². The molecular weight excluding hydrogens is 276 g/mol. The maximum Gasteiger partial charge on any atom is 0.254 e. The van der Waals surface area contributed by atoms with Crippen LogP contribution in [0.5, 0.6) is 0 Å². The molecule has 1 heterocycles. The lowest BCUT2D eigenvalue weighted by molar-refractivity contribution is -0.145. The molecule has 0 saturated carbocycles. The van der Waals surface area contributed by atoms with E-state index in [9.17, 15) is 19.2 Å². The van der Waals surface area contributed by atoms with Crippen LogP contribution in [0.1, 0.15) is 19.3 Å². The predicted octanol–water partition coefficient (Wildman–Crippen LogP) is -1.73. The average molecular weight is 296 g/mol. The Balaban J connectivity index is 2.37. The lowest BCUT2D eigenvalue weighted by Crippen LogP contribution is -2.53. The quantitative estimate of drug-likeness (QED) is 0.363. The molecule has 1 aliphatic heterocycles. The Kier molecular flexibility index (Phi) is 6.54. The van der Waals surface area contributed by atoms with E-state index in [1.165, 1.54) is 0 Å². The van der Waals surface area contributed by atoms with Crippen LogP contribution in [0.15, 0.2) is 12.2 Å². The molecule has 21 heavy (non-hydrogen) atoms. The molecule has 0 fully saturated rings. The van der Waals surface area contributed by atoms with Crippen molar-refractivity contribution in [1.29, 1.82) is 0 Å². The summed E-state index contributed by atoms with van der Waals surface area (Å²) in [6.45, 7) is 0.221. The molecule has 1 rings (SSSR count). The normalized spacial score (nSPS) is 15.2. The number of carbonyl (C=O) groups is 4. The lowest BCUT2D eigenvalue weighted by Gasteiger charge is -2.23. The van der Waals surface area contributed by atoms with Crippen molar-refractivity contribution in [3.63, 3.8) is 0 Å². The molecule has 0 aliphatic carbocycles. The Morgan fingerprint density at radius 3 is 2.38 bits per heavy atom. The summed E-state index contributed by atoms with van der Waals surface area (Å²) in [5.41, 5.74) is 5.48. The highest BCUT2D eigenvalue weighted by molar-refractivity contribution is 6.15. The number of nitrogens with zero attached hydrogens (tertiary/aromatic N) is 1. The molecule has 0 saturated heterocycles. The number of hydrogen-bond donors (Lipinski definition) is 3. The summed E-state index contributed by atoms with van der Waals surface area (Å²) in [5.74, 6) is -1.60. The van der Waals surface area contributed by atoms with Gasteiger partial charge in [0, 0.05) is 38.7 Å². The number of imide groups is 1. The van der Waals surface area contributed by atoms with Crippen LogP contribution in [0.25, 0.3) is 0 Å². The molecule has 1 unspecified atom stereocenters. The van der Waals surface area contributed by atoms with Crippen LogP contribution >= 0.6 is 0 Å². The van der Waals surface area contributed by atoms with Crippen molar-refractivity contribution in [2.24, 2.45) is 5.73 Å². The van der Waals surface area contributed by atoms with Crippen molar-refractivity contribution >= 4 is 23.6 Å². The molecular formula is C13H20N4O4. The summed E-state index contributed by atoms with van der Waals surface area (Å²) in [4.78, 5) is 46.8. The summed E-state index contributed by atoms with van der Waals surface area (Å²) < 4.78 is 0. The first-order chi connectivity index (χ1) is 10.0. The first-order valence-corrected chi connectivity index (χ1v) is 6.74. The van der Waals surface area contributed by atoms with E-state index < -0.39 is 23.8 Å². The first-order valence-electron chi connectivity index (χ1n) is 6.74. The van der Waals surface area contributed by atoms with Gasteiger partial charge in [-0.3, -0.25) is 24.1 Å². The molecule has 1 atom stereocenters. The van der Waals surface area contributed by atoms with Gasteiger partial charge in [-0.2, -0.15) is 0 Å². The van der Waals surface area contributed by atoms with Crippen LogP contribution in [-0.4, -0.2) is 54.7 Å². The van der Waals surface area contributed by atoms with Crippen molar-refractivity contribution in [2.75, 3.05) is 20.1 Å². The molecule has 0 aromatic heterocycles. The molecule has 0 radical (unpaired) electrons. The average Bonchev–Trinajstić information content (AvgIpc) is 2.79. The third kappa shape index (κ3) is 4.67. The van der Waals surface area contributed by atoms with E-state index in [1.807, 2.05) is 0 Å². The third-order valence-electron chi connectivity index (χ3n) is 3.09. The summed E-state index contributed by atoms with van der Waals surface area (Å²) >= 11 is 0. The fraction of sp³-hybridized carbons (Fsp3) is 0.538. The van der Waals surface area contributed by atoms with E-state index in [0.717, 1.165) is 17.1 Å². The van der Waals surface area contributed by atoms with Crippen molar-refractivity contribution < 1.29 is 19.2 Å². The van der Waals surface area contributed by atoms with E-state index in [1.54, 1.807) is 7.05 Å². The van der Waals surface area contributed by atoms with E-state index >= 15 is 0 Å². The molecule has 4 amide bonds. The van der Waals surface area contributed by atoms with E-state index in [2.05, 4.69) is 10.6 Å². The van der Waals surface area contributed by atoms with Crippen LogP contribution in [-0.2, 0) is 19.2 Å². The Labute approximate surface area is 122 Å². The van der Waals surface area contributed by atoms with Gasteiger partial charge in [-0.05, 0) is 12.8 Å². The molecule has 0 aromatic rings. The zero-order valence-corrected chi connectivity index (χ0v) is 11.9. The number of nitrogens with two attached hydrogens (primary N) is 1. The molecule has 116 valence electrons. The predicted molar refractivity (Wildman–Crippen MR) is 74.8 cm³/mol. The van der Waals surface area contributed by atoms with Crippen LogP contribution in [0.2, 0.25) is 0 Å². The van der Waals surface area contributed by atoms with Gasteiger partial charge >= 0.3 is 0 Å². The largest absolute Gasteiger partial charge is 0.359 e. The second-order valence-corrected chi connectivity index (χ2v) is 4.55. The van der Waals surface area contributed by atoms with Crippen molar-refractivity contribution in [2.45, 2.75) is 25.3 Å². The highest BCUT2D eigenvalue weighted by Gasteiger charge is 2.34. The van der Waals surface area contributed by atoms with Crippen molar-refractivity contribution in [3.8, 4) is 0 Å². The van der Waals surface area contributed by atoms with E-state index in [-0.39, 0.29) is 12.5 Å². The Morgan fingerprint density at radius 1 is 1.24 bits per heavy atom. The van der Waals surface area contributed by atoms with Gasteiger partial charge in [-0.15, -0.1) is 0 Å². The van der Waals surface area contributed by atoms with Gasteiger partial charge in [0.1, 0.15) is 6.04 Å². The standard InChI is InChI=1S/C13H20N4O4/c1-15-10(18)4-2-3-7-16-13(21)9(8-14)17-11(19)5-6-12(17)20/h5-6,9H,2-4,7-8,14H2,1H3,(H,15,18)(H,16,21). The number of nitrogens with one attached hydrogen (secondary N) is 2. The molecule has 0 aromatic carbocycles. The molecule has 8 heteroatoms. The zero-order valence-electron chi connectivity index (χ0n) is 11.9. The second kappa shape index (κ2) is 8.15. The molecule has 0 bridgehead atoms. The monoisotopic (exact) mass is 296 g/mol.